The van der Waals surface area contributed by atoms with Crippen molar-refractivity contribution in [2.24, 2.45) is 5.10 Å². The molecule has 84 valence electrons. The van der Waals surface area contributed by atoms with Crippen molar-refractivity contribution in [2.45, 2.75) is 6.92 Å². The molecule has 0 saturated heterocycles. The highest BCUT2D eigenvalue weighted by atomic mass is 79.9. The van der Waals surface area contributed by atoms with Crippen molar-refractivity contribution >= 4 is 37.7 Å². The van der Waals surface area contributed by atoms with Gasteiger partial charge < -0.3 is 0 Å². The smallest absolute Gasteiger partial charge is 0.269 e. The second-order valence-corrected chi connectivity index (χ2v) is 3.63. The maximum absolute atomic E-state index is 10.8. The molecule has 0 aliphatic heterocycles. The molecule has 0 heterocycles. The van der Waals surface area contributed by atoms with Gasteiger partial charge in [0.2, 0.25) is 0 Å². The molecular formula is C9H8BrN3O3. The number of benzene rings is 1. The molecule has 0 fully saturated rings. The summed E-state index contributed by atoms with van der Waals surface area (Å²) in [5.41, 5.74) is 3.15. The van der Waals surface area contributed by atoms with Crippen LogP contribution in [0.2, 0.25) is 0 Å². The summed E-state index contributed by atoms with van der Waals surface area (Å²) < 4.78 is 0.158. The lowest BCUT2D eigenvalue weighted by Crippen LogP contribution is -2.03. The molecule has 0 radical (unpaired) electrons. The van der Waals surface area contributed by atoms with Crippen molar-refractivity contribution in [1.82, 2.24) is 0 Å². The van der Waals surface area contributed by atoms with E-state index in [4.69, 9.17) is 0 Å². The minimum Gasteiger partial charge on any atom is -0.292 e. The Bertz CT molecular complexity index is 442. The first-order valence-electron chi connectivity index (χ1n) is 4.25. The van der Waals surface area contributed by atoms with Crippen molar-refractivity contribution in [3.05, 3.63) is 34.4 Å². The van der Waals surface area contributed by atoms with Crippen LogP contribution in [0.15, 0.2) is 29.4 Å². The highest BCUT2D eigenvalue weighted by Crippen LogP contribution is 2.15. The van der Waals surface area contributed by atoms with Crippen LogP contribution >= 0.6 is 15.9 Å². The number of non-ortho nitro benzene ring substituents is 1. The number of nitrogens with zero attached hydrogens (tertiary/aromatic N) is 2. The summed E-state index contributed by atoms with van der Waals surface area (Å²) in [5.74, 6) is -0.214. The van der Waals surface area contributed by atoms with Crippen LogP contribution in [-0.2, 0) is 4.79 Å². The molecule has 0 atom stereocenters. The Morgan fingerprint density at radius 1 is 1.44 bits per heavy atom. The highest BCUT2D eigenvalue weighted by molar-refractivity contribution is 9.19. The van der Waals surface area contributed by atoms with E-state index in [2.05, 4.69) is 26.5 Å². The number of nitrogens with one attached hydrogen (secondary N) is 1. The van der Waals surface area contributed by atoms with Gasteiger partial charge in [-0.05, 0) is 28.1 Å². The standard InChI is InChI=1S/C9H8BrN3O3/c1-6(14)9(10)12-11-7-2-4-8(5-3-7)13(15)16/h2-5,11H,1H3/b12-9-. The molecule has 0 aromatic heterocycles. The summed E-state index contributed by atoms with van der Waals surface area (Å²) in [6, 6.07) is 5.70. The number of nitro benzene ring substituents is 1. The average Bonchev–Trinajstić information content (AvgIpc) is 2.26. The third-order valence-electron chi connectivity index (χ3n) is 1.65. The van der Waals surface area contributed by atoms with Crippen molar-refractivity contribution in [3.63, 3.8) is 0 Å². The van der Waals surface area contributed by atoms with Crippen molar-refractivity contribution in [3.8, 4) is 0 Å². The van der Waals surface area contributed by atoms with Gasteiger partial charge in [0.15, 0.2) is 10.4 Å². The van der Waals surface area contributed by atoms with Gasteiger partial charge in [-0.15, -0.1) is 0 Å². The van der Waals surface area contributed by atoms with E-state index >= 15 is 0 Å². The summed E-state index contributed by atoms with van der Waals surface area (Å²) in [6.45, 7) is 1.37. The monoisotopic (exact) mass is 285 g/mol. The van der Waals surface area contributed by atoms with E-state index in [0.29, 0.717) is 5.69 Å². The van der Waals surface area contributed by atoms with Gasteiger partial charge in [0.1, 0.15) is 0 Å². The van der Waals surface area contributed by atoms with Gasteiger partial charge in [0, 0.05) is 19.1 Å². The fourth-order valence-corrected chi connectivity index (χ4v) is 0.939. The normalized spacial score (nSPS) is 11.0. The highest BCUT2D eigenvalue weighted by Gasteiger charge is 2.04. The minimum atomic E-state index is -0.488. The number of hydrazone groups is 1. The van der Waals surface area contributed by atoms with Crippen LogP contribution in [0.1, 0.15) is 6.92 Å². The van der Waals surface area contributed by atoms with E-state index in [0.717, 1.165) is 0 Å². The van der Waals surface area contributed by atoms with Crippen molar-refractivity contribution < 1.29 is 9.72 Å². The average molecular weight is 286 g/mol. The molecule has 1 rings (SSSR count). The Kier molecular flexibility index (Phi) is 4.12. The fraction of sp³-hybridized carbons (Fsp3) is 0.111. The maximum atomic E-state index is 10.8. The number of nitro groups is 1. The fourth-order valence-electron chi connectivity index (χ4n) is 0.850. The molecule has 7 heteroatoms. The number of halogens is 1. The van der Waals surface area contributed by atoms with Crippen LogP contribution in [0.3, 0.4) is 0 Å². The lowest BCUT2D eigenvalue weighted by atomic mass is 10.3. The lowest BCUT2D eigenvalue weighted by Gasteiger charge is -1.99. The third kappa shape index (κ3) is 3.43. The lowest BCUT2D eigenvalue weighted by molar-refractivity contribution is -0.384. The molecule has 0 aliphatic rings. The third-order valence-corrected chi connectivity index (χ3v) is 2.39. The Morgan fingerprint density at radius 3 is 2.44 bits per heavy atom. The van der Waals surface area contributed by atoms with Gasteiger partial charge in [-0.2, -0.15) is 5.10 Å². The van der Waals surface area contributed by atoms with Gasteiger partial charge in [0.05, 0.1) is 10.6 Å². The van der Waals surface area contributed by atoms with Gasteiger partial charge in [-0.3, -0.25) is 20.3 Å². The van der Waals surface area contributed by atoms with Crippen LogP contribution in [0.5, 0.6) is 0 Å². The van der Waals surface area contributed by atoms with Gasteiger partial charge in [-0.1, -0.05) is 0 Å². The van der Waals surface area contributed by atoms with Crippen LogP contribution in [0, 0.1) is 10.1 Å². The summed E-state index contributed by atoms with van der Waals surface area (Å²) in [5, 5.41) is 14.1. The van der Waals surface area contributed by atoms with E-state index < -0.39 is 4.92 Å². The van der Waals surface area contributed by atoms with Crippen molar-refractivity contribution in [1.29, 1.82) is 0 Å². The van der Waals surface area contributed by atoms with Crippen LogP contribution in [0.25, 0.3) is 0 Å². The number of hydrogen-bond acceptors (Lipinski definition) is 5. The quantitative estimate of drug-likeness (QED) is 0.523. The van der Waals surface area contributed by atoms with Gasteiger partial charge >= 0.3 is 0 Å². The number of anilines is 1. The second kappa shape index (κ2) is 5.36. The summed E-state index contributed by atoms with van der Waals surface area (Å²) in [4.78, 5) is 20.7. The molecule has 6 nitrogen and oxygen atoms in total. The van der Waals surface area contributed by atoms with E-state index in [9.17, 15) is 14.9 Å². The van der Waals surface area contributed by atoms with Crippen molar-refractivity contribution in [2.75, 3.05) is 5.43 Å². The number of carbonyl (C=O) groups is 1. The summed E-state index contributed by atoms with van der Waals surface area (Å²) in [6.07, 6.45) is 0. The van der Waals surface area contributed by atoms with Crippen LogP contribution in [-0.4, -0.2) is 15.3 Å². The number of ketones is 1. The molecule has 0 spiro atoms. The summed E-state index contributed by atoms with van der Waals surface area (Å²) >= 11 is 2.97. The zero-order valence-corrected chi connectivity index (χ0v) is 9.89. The Balaban J connectivity index is 2.73. The van der Waals surface area contributed by atoms with E-state index in [1.165, 1.54) is 31.2 Å². The van der Waals surface area contributed by atoms with Crippen LogP contribution in [0.4, 0.5) is 11.4 Å². The largest absolute Gasteiger partial charge is 0.292 e. The van der Waals surface area contributed by atoms with E-state index in [1.807, 2.05) is 0 Å². The molecular weight excluding hydrogens is 278 g/mol. The molecule has 1 aromatic rings. The number of Topliss-reactive ketones (excluding diaryl/α,β-unsaturated/α-hetero) is 1. The topological polar surface area (TPSA) is 84.6 Å². The zero-order chi connectivity index (χ0) is 12.1. The number of hydrogen-bond donors (Lipinski definition) is 1. The molecule has 1 aromatic carbocycles. The van der Waals surface area contributed by atoms with Gasteiger partial charge in [-0.25, -0.2) is 0 Å². The summed E-state index contributed by atoms with van der Waals surface area (Å²) in [7, 11) is 0. The molecule has 0 bridgehead atoms. The first kappa shape index (κ1) is 12.3. The van der Waals surface area contributed by atoms with E-state index in [1.54, 1.807) is 0 Å². The second-order valence-electron chi connectivity index (χ2n) is 2.87. The molecule has 0 amide bonds. The Labute approximate surface area is 99.6 Å². The first-order chi connectivity index (χ1) is 7.50. The molecule has 0 aliphatic carbocycles. The van der Waals surface area contributed by atoms with Crippen LogP contribution < -0.4 is 5.43 Å². The molecule has 1 N–H and O–H groups in total. The minimum absolute atomic E-state index is 0.000151. The zero-order valence-electron chi connectivity index (χ0n) is 8.31. The molecule has 0 unspecified atom stereocenters. The Morgan fingerprint density at radius 2 is 2.00 bits per heavy atom. The maximum Gasteiger partial charge on any atom is 0.269 e. The Hall–Kier alpha value is -1.76. The number of carbonyl (C=O) groups excluding carboxylic acids is 1. The van der Waals surface area contributed by atoms with E-state index in [-0.39, 0.29) is 16.1 Å². The predicted octanol–water partition coefficient (Wildman–Crippen LogP) is 2.30. The SMILES string of the molecule is CC(=O)/C(Br)=N/Nc1ccc([N+](=O)[O-])cc1. The predicted molar refractivity (Wildman–Crippen MR) is 63.8 cm³/mol. The molecule has 0 saturated carbocycles. The first-order valence-corrected chi connectivity index (χ1v) is 5.04. The molecule has 16 heavy (non-hydrogen) atoms. The van der Waals surface area contributed by atoms with Gasteiger partial charge in [0.25, 0.3) is 5.69 Å². The number of rotatable bonds is 4.